The number of rotatable bonds is 5. The zero-order valence-electron chi connectivity index (χ0n) is 12.8. The number of nitro benzene ring substituents is 1. The van der Waals surface area contributed by atoms with Crippen LogP contribution in [0.15, 0.2) is 29.2 Å². The van der Waals surface area contributed by atoms with Crippen LogP contribution in [0.4, 0.5) is 5.69 Å². The van der Waals surface area contributed by atoms with Crippen molar-refractivity contribution in [1.82, 2.24) is 9.21 Å². The molecule has 0 aliphatic carbocycles. The lowest BCUT2D eigenvalue weighted by molar-refractivity contribution is -0.387. The number of hydrogen-bond donors (Lipinski definition) is 0. The van der Waals surface area contributed by atoms with Crippen LogP contribution in [0.5, 0.6) is 0 Å². The fraction of sp³-hybridized carbons (Fsp3) is 0.571. The molecular weight excluding hydrogens is 306 g/mol. The van der Waals surface area contributed by atoms with E-state index in [0.29, 0.717) is 32.2 Å². The second kappa shape index (κ2) is 6.72. The highest BCUT2D eigenvalue weighted by Crippen LogP contribution is 2.27. The molecule has 0 N–H and O–H groups in total. The molecule has 0 bridgehead atoms. The van der Waals surface area contributed by atoms with Crippen LogP contribution in [0, 0.1) is 10.1 Å². The smallest absolute Gasteiger partial charge is 0.289 e. The molecule has 0 radical (unpaired) electrons. The van der Waals surface area contributed by atoms with Crippen molar-refractivity contribution in [2.45, 2.75) is 31.2 Å². The van der Waals surface area contributed by atoms with Crippen LogP contribution in [0.2, 0.25) is 0 Å². The lowest BCUT2D eigenvalue weighted by Crippen LogP contribution is -2.51. The van der Waals surface area contributed by atoms with Crippen molar-refractivity contribution in [2.75, 3.05) is 26.2 Å². The lowest BCUT2D eigenvalue weighted by Gasteiger charge is -2.37. The van der Waals surface area contributed by atoms with Crippen LogP contribution < -0.4 is 0 Å². The molecule has 0 spiro atoms. The summed E-state index contributed by atoms with van der Waals surface area (Å²) in [7, 11) is -3.83. The Morgan fingerprint density at radius 3 is 2.36 bits per heavy atom. The predicted octanol–water partition coefficient (Wildman–Crippen LogP) is 1.70. The van der Waals surface area contributed by atoms with Crippen molar-refractivity contribution in [3.8, 4) is 0 Å². The van der Waals surface area contributed by atoms with Crippen LogP contribution in [0.1, 0.15) is 20.3 Å². The molecule has 1 saturated heterocycles. The Hall–Kier alpha value is -1.51. The quantitative estimate of drug-likeness (QED) is 0.607. The van der Waals surface area contributed by atoms with Crippen molar-refractivity contribution in [2.24, 2.45) is 0 Å². The van der Waals surface area contributed by atoms with Gasteiger partial charge in [0, 0.05) is 38.3 Å². The molecule has 0 unspecified atom stereocenters. The molecular formula is C14H21N3O4S. The first-order valence-electron chi connectivity index (χ1n) is 7.35. The van der Waals surface area contributed by atoms with Crippen molar-refractivity contribution < 1.29 is 13.3 Å². The van der Waals surface area contributed by atoms with Crippen LogP contribution >= 0.6 is 0 Å². The van der Waals surface area contributed by atoms with E-state index in [4.69, 9.17) is 0 Å². The summed E-state index contributed by atoms with van der Waals surface area (Å²) < 4.78 is 26.7. The number of sulfonamides is 1. The molecule has 8 heteroatoms. The van der Waals surface area contributed by atoms with Crippen LogP contribution in [0.25, 0.3) is 0 Å². The first kappa shape index (κ1) is 16.9. The highest BCUT2D eigenvalue weighted by atomic mass is 32.2. The zero-order valence-corrected chi connectivity index (χ0v) is 13.6. The largest absolute Gasteiger partial charge is 0.298 e. The number of hydrogen-bond acceptors (Lipinski definition) is 5. The number of para-hydroxylation sites is 1. The van der Waals surface area contributed by atoms with E-state index in [2.05, 4.69) is 18.7 Å². The van der Waals surface area contributed by atoms with Gasteiger partial charge in [-0.15, -0.1) is 0 Å². The summed E-state index contributed by atoms with van der Waals surface area (Å²) >= 11 is 0. The van der Waals surface area contributed by atoms with Crippen molar-refractivity contribution >= 4 is 15.7 Å². The van der Waals surface area contributed by atoms with E-state index in [9.17, 15) is 18.5 Å². The topological polar surface area (TPSA) is 83.8 Å². The summed E-state index contributed by atoms with van der Waals surface area (Å²) in [6, 6.07) is 5.92. The SMILES string of the molecule is CC[C@@H](C)N1CCN(S(=O)(=O)c2ccccc2[N+](=O)[O-])CC1. The Kier molecular flexibility index (Phi) is 5.15. The molecule has 0 aromatic heterocycles. The summed E-state index contributed by atoms with van der Waals surface area (Å²) in [5, 5.41) is 11.0. The maximum absolute atomic E-state index is 12.7. The molecule has 1 aromatic carbocycles. The fourth-order valence-corrected chi connectivity index (χ4v) is 4.19. The van der Waals surface area contributed by atoms with Crippen LogP contribution in [-0.2, 0) is 10.0 Å². The zero-order chi connectivity index (χ0) is 16.3. The van der Waals surface area contributed by atoms with E-state index in [-0.39, 0.29) is 10.6 Å². The van der Waals surface area contributed by atoms with Crippen molar-refractivity contribution in [3.05, 3.63) is 34.4 Å². The van der Waals surface area contributed by atoms with E-state index >= 15 is 0 Å². The maximum Gasteiger partial charge on any atom is 0.289 e. The lowest BCUT2D eigenvalue weighted by atomic mass is 10.2. The highest BCUT2D eigenvalue weighted by Gasteiger charge is 2.33. The third-order valence-electron chi connectivity index (χ3n) is 4.17. The van der Waals surface area contributed by atoms with E-state index < -0.39 is 14.9 Å². The van der Waals surface area contributed by atoms with E-state index in [1.807, 2.05) is 0 Å². The Bertz CT molecular complexity index is 639. The van der Waals surface area contributed by atoms with Gasteiger partial charge in [-0.2, -0.15) is 4.31 Å². The molecule has 122 valence electrons. The summed E-state index contributed by atoms with van der Waals surface area (Å²) in [4.78, 5) is 12.4. The monoisotopic (exact) mass is 327 g/mol. The molecule has 1 aliphatic heterocycles. The van der Waals surface area contributed by atoms with Crippen LogP contribution in [-0.4, -0.2) is 54.8 Å². The Labute approximate surface area is 130 Å². The van der Waals surface area contributed by atoms with E-state index in [0.717, 1.165) is 6.42 Å². The Morgan fingerprint density at radius 2 is 1.82 bits per heavy atom. The predicted molar refractivity (Wildman–Crippen MR) is 83.2 cm³/mol. The van der Waals surface area contributed by atoms with Gasteiger partial charge in [-0.25, -0.2) is 8.42 Å². The van der Waals surface area contributed by atoms with Gasteiger partial charge in [0.05, 0.1) is 4.92 Å². The minimum Gasteiger partial charge on any atom is -0.298 e. The van der Waals surface area contributed by atoms with Gasteiger partial charge in [0.1, 0.15) is 0 Å². The molecule has 1 aromatic rings. The summed E-state index contributed by atoms with van der Waals surface area (Å²) in [5.74, 6) is 0. The Morgan fingerprint density at radius 1 is 1.23 bits per heavy atom. The van der Waals surface area contributed by atoms with Gasteiger partial charge in [0.2, 0.25) is 10.0 Å². The maximum atomic E-state index is 12.7. The number of piperazine rings is 1. The van der Waals surface area contributed by atoms with Gasteiger partial charge in [-0.05, 0) is 19.4 Å². The third-order valence-corrected chi connectivity index (χ3v) is 6.11. The molecule has 7 nitrogen and oxygen atoms in total. The molecule has 22 heavy (non-hydrogen) atoms. The van der Waals surface area contributed by atoms with E-state index in [1.165, 1.54) is 28.6 Å². The number of benzene rings is 1. The molecule has 0 saturated carbocycles. The molecule has 1 fully saturated rings. The minimum absolute atomic E-state index is 0.225. The molecule has 1 heterocycles. The van der Waals surface area contributed by atoms with Crippen molar-refractivity contribution in [1.29, 1.82) is 0 Å². The summed E-state index contributed by atoms with van der Waals surface area (Å²) in [6.07, 6.45) is 1.01. The molecule has 0 amide bonds. The van der Waals surface area contributed by atoms with Gasteiger partial charge in [-0.1, -0.05) is 19.1 Å². The van der Waals surface area contributed by atoms with Crippen LogP contribution in [0.3, 0.4) is 0 Å². The third kappa shape index (κ3) is 3.29. The van der Waals surface area contributed by atoms with E-state index in [1.54, 1.807) is 0 Å². The molecule has 1 atom stereocenters. The second-order valence-electron chi connectivity index (χ2n) is 5.42. The number of nitrogens with zero attached hydrogens (tertiary/aromatic N) is 3. The Balaban J connectivity index is 2.21. The second-order valence-corrected chi connectivity index (χ2v) is 7.33. The standard InChI is InChI=1S/C14H21N3O4S/c1-3-12(2)15-8-10-16(11-9-15)22(20,21)14-7-5-4-6-13(14)17(18)19/h4-7,12H,3,8-11H2,1-2H3/t12-/m1/s1. The number of nitro groups is 1. The average Bonchev–Trinajstić information content (AvgIpc) is 2.54. The van der Waals surface area contributed by atoms with Crippen molar-refractivity contribution in [3.63, 3.8) is 0 Å². The summed E-state index contributed by atoms with van der Waals surface area (Å²) in [6.45, 7) is 6.23. The molecule has 2 rings (SSSR count). The average molecular weight is 327 g/mol. The fourth-order valence-electron chi connectivity index (χ4n) is 2.61. The van der Waals surface area contributed by atoms with Gasteiger partial charge < -0.3 is 0 Å². The van der Waals surface area contributed by atoms with Gasteiger partial charge in [0.15, 0.2) is 4.90 Å². The van der Waals surface area contributed by atoms with Gasteiger partial charge in [0.25, 0.3) is 5.69 Å². The highest BCUT2D eigenvalue weighted by molar-refractivity contribution is 7.89. The van der Waals surface area contributed by atoms with Gasteiger partial charge >= 0.3 is 0 Å². The van der Waals surface area contributed by atoms with Gasteiger partial charge in [-0.3, -0.25) is 15.0 Å². The summed E-state index contributed by atoms with van der Waals surface area (Å²) in [5.41, 5.74) is -0.369. The normalized spacial score (nSPS) is 19.0. The first-order chi connectivity index (χ1) is 10.4. The first-order valence-corrected chi connectivity index (χ1v) is 8.79. The molecule has 1 aliphatic rings. The minimum atomic E-state index is -3.83.